The van der Waals surface area contributed by atoms with Gasteiger partial charge in [-0.25, -0.2) is 0 Å². The van der Waals surface area contributed by atoms with Crippen LogP contribution >= 0.6 is 0 Å². The Morgan fingerprint density at radius 1 is 0.917 bits per heavy atom. The summed E-state index contributed by atoms with van der Waals surface area (Å²) in [6.07, 6.45) is 4.32. The molecule has 0 amide bonds. The van der Waals surface area contributed by atoms with Gasteiger partial charge in [-0.15, -0.1) is 0 Å². The van der Waals surface area contributed by atoms with Crippen molar-refractivity contribution < 1.29 is 0 Å². The molecule has 1 heterocycles. The fourth-order valence-electron chi connectivity index (χ4n) is 3.31. The van der Waals surface area contributed by atoms with Crippen LogP contribution in [0.3, 0.4) is 0 Å². The quantitative estimate of drug-likeness (QED) is 0.699. The summed E-state index contributed by atoms with van der Waals surface area (Å²) in [4.78, 5) is 7.17. The lowest BCUT2D eigenvalue weighted by molar-refractivity contribution is 0.740. The SMILES string of the molecule is CCN(CC)c1ccc(/C=C/C2=Nc3ccccc3C2(C)C)cc1. The molecule has 2 aromatic rings. The third kappa shape index (κ3) is 3.01. The van der Waals surface area contributed by atoms with Crippen LogP contribution in [0.1, 0.15) is 38.8 Å². The van der Waals surface area contributed by atoms with Crippen LogP contribution in [0.25, 0.3) is 6.08 Å². The Bertz CT molecular complexity index is 763. The molecule has 24 heavy (non-hydrogen) atoms. The third-order valence-electron chi connectivity index (χ3n) is 4.91. The van der Waals surface area contributed by atoms with Gasteiger partial charge < -0.3 is 4.90 Å². The van der Waals surface area contributed by atoms with E-state index in [9.17, 15) is 0 Å². The second-order valence-corrected chi connectivity index (χ2v) is 6.74. The van der Waals surface area contributed by atoms with Crippen molar-refractivity contribution >= 4 is 23.2 Å². The summed E-state index contributed by atoms with van der Waals surface area (Å²) >= 11 is 0. The van der Waals surface area contributed by atoms with Crippen LogP contribution in [-0.2, 0) is 5.41 Å². The minimum Gasteiger partial charge on any atom is -0.372 e. The van der Waals surface area contributed by atoms with E-state index < -0.39 is 0 Å². The van der Waals surface area contributed by atoms with Crippen molar-refractivity contribution in [2.75, 3.05) is 18.0 Å². The summed E-state index contributed by atoms with van der Waals surface area (Å²) in [5, 5.41) is 0. The Kier molecular flexibility index (Phi) is 4.57. The van der Waals surface area contributed by atoms with E-state index in [2.05, 4.69) is 93.3 Å². The molecule has 1 aliphatic heterocycles. The van der Waals surface area contributed by atoms with E-state index in [1.807, 2.05) is 0 Å². The molecule has 2 aromatic carbocycles. The fraction of sp³-hybridized carbons (Fsp3) is 0.318. The molecule has 1 aliphatic rings. The van der Waals surface area contributed by atoms with E-state index >= 15 is 0 Å². The molecule has 0 aromatic heterocycles. The van der Waals surface area contributed by atoms with E-state index in [0.29, 0.717) is 0 Å². The zero-order chi connectivity index (χ0) is 17.2. The number of fused-ring (bicyclic) bond motifs is 1. The number of hydrogen-bond acceptors (Lipinski definition) is 2. The van der Waals surface area contributed by atoms with Crippen molar-refractivity contribution in [2.24, 2.45) is 4.99 Å². The van der Waals surface area contributed by atoms with Crippen LogP contribution in [0.15, 0.2) is 59.6 Å². The average molecular weight is 318 g/mol. The maximum Gasteiger partial charge on any atom is 0.0674 e. The Morgan fingerprint density at radius 2 is 1.58 bits per heavy atom. The molecule has 0 fully saturated rings. The summed E-state index contributed by atoms with van der Waals surface area (Å²) in [7, 11) is 0. The van der Waals surface area contributed by atoms with Gasteiger partial charge in [-0.1, -0.05) is 50.3 Å². The van der Waals surface area contributed by atoms with Crippen molar-refractivity contribution in [2.45, 2.75) is 33.1 Å². The molecule has 0 atom stereocenters. The predicted octanol–water partition coefficient (Wildman–Crippen LogP) is 5.61. The van der Waals surface area contributed by atoms with Gasteiger partial charge >= 0.3 is 0 Å². The van der Waals surface area contributed by atoms with E-state index in [1.54, 1.807) is 0 Å². The normalized spacial score (nSPS) is 15.4. The smallest absolute Gasteiger partial charge is 0.0674 e. The number of hydrogen-bond donors (Lipinski definition) is 0. The van der Waals surface area contributed by atoms with Gasteiger partial charge in [0.1, 0.15) is 0 Å². The van der Waals surface area contributed by atoms with Crippen LogP contribution in [0, 0.1) is 0 Å². The maximum atomic E-state index is 4.81. The van der Waals surface area contributed by atoms with Gasteiger partial charge in [-0.2, -0.15) is 0 Å². The van der Waals surface area contributed by atoms with Gasteiger partial charge in [0, 0.05) is 24.2 Å². The molecule has 0 N–H and O–H groups in total. The molecule has 2 nitrogen and oxygen atoms in total. The number of anilines is 1. The number of nitrogens with zero attached hydrogens (tertiary/aromatic N) is 2. The molecule has 0 aliphatic carbocycles. The molecule has 0 spiro atoms. The van der Waals surface area contributed by atoms with Crippen LogP contribution in [0.2, 0.25) is 0 Å². The largest absolute Gasteiger partial charge is 0.372 e. The lowest BCUT2D eigenvalue weighted by Gasteiger charge is -2.21. The molecular weight excluding hydrogens is 292 g/mol. The third-order valence-corrected chi connectivity index (χ3v) is 4.91. The van der Waals surface area contributed by atoms with E-state index in [4.69, 9.17) is 4.99 Å². The molecule has 0 bridgehead atoms. The summed E-state index contributed by atoms with van der Waals surface area (Å²) in [5.41, 5.74) is 5.98. The molecule has 0 saturated carbocycles. The van der Waals surface area contributed by atoms with Gasteiger partial charge in [0.25, 0.3) is 0 Å². The first kappa shape index (κ1) is 16.5. The minimum absolute atomic E-state index is 0.0335. The van der Waals surface area contributed by atoms with E-state index in [1.165, 1.54) is 16.8 Å². The number of rotatable bonds is 5. The predicted molar refractivity (Wildman–Crippen MR) is 106 cm³/mol. The van der Waals surface area contributed by atoms with Crippen LogP contribution in [-0.4, -0.2) is 18.8 Å². The minimum atomic E-state index is -0.0335. The highest BCUT2D eigenvalue weighted by molar-refractivity contribution is 6.10. The standard InChI is InChI=1S/C22H26N2/c1-5-24(6-2)18-14-11-17(12-15-18)13-16-21-22(3,4)19-9-7-8-10-20(19)23-21/h7-16H,5-6H2,1-4H3/b16-13+. The highest BCUT2D eigenvalue weighted by Crippen LogP contribution is 2.40. The van der Waals surface area contributed by atoms with Gasteiger partial charge in [0.2, 0.25) is 0 Å². The Balaban J connectivity index is 1.80. The van der Waals surface area contributed by atoms with Gasteiger partial charge in [-0.3, -0.25) is 4.99 Å². The summed E-state index contributed by atoms with van der Waals surface area (Å²) in [6.45, 7) is 10.9. The molecule has 3 rings (SSSR count). The summed E-state index contributed by atoms with van der Waals surface area (Å²) in [5.74, 6) is 0. The van der Waals surface area contributed by atoms with Crippen molar-refractivity contribution in [1.82, 2.24) is 0 Å². The molecule has 0 radical (unpaired) electrons. The van der Waals surface area contributed by atoms with E-state index in [0.717, 1.165) is 24.5 Å². The molecule has 2 heteroatoms. The van der Waals surface area contributed by atoms with E-state index in [-0.39, 0.29) is 5.41 Å². The van der Waals surface area contributed by atoms with Gasteiger partial charge in [0.05, 0.1) is 11.4 Å². The Labute approximate surface area is 145 Å². The number of benzene rings is 2. The fourth-order valence-corrected chi connectivity index (χ4v) is 3.31. The van der Waals surface area contributed by atoms with Gasteiger partial charge in [-0.05, 0) is 49.2 Å². The van der Waals surface area contributed by atoms with Crippen molar-refractivity contribution in [3.63, 3.8) is 0 Å². The summed E-state index contributed by atoms with van der Waals surface area (Å²) in [6, 6.07) is 17.2. The Hall–Kier alpha value is -2.35. The molecule has 124 valence electrons. The zero-order valence-corrected chi connectivity index (χ0v) is 15.1. The first-order valence-electron chi connectivity index (χ1n) is 8.78. The highest BCUT2D eigenvalue weighted by Gasteiger charge is 2.32. The monoisotopic (exact) mass is 318 g/mol. The number of aliphatic imine (C=N–C) groups is 1. The Morgan fingerprint density at radius 3 is 2.21 bits per heavy atom. The van der Waals surface area contributed by atoms with Crippen LogP contribution < -0.4 is 4.90 Å². The van der Waals surface area contributed by atoms with Gasteiger partial charge in [0.15, 0.2) is 0 Å². The number of allylic oxidation sites excluding steroid dienone is 1. The lowest BCUT2D eigenvalue weighted by Crippen LogP contribution is -2.23. The molecule has 0 unspecified atom stereocenters. The average Bonchev–Trinajstić information content (AvgIpc) is 2.86. The van der Waals surface area contributed by atoms with Crippen molar-refractivity contribution in [3.05, 3.63) is 65.7 Å². The zero-order valence-electron chi connectivity index (χ0n) is 15.1. The first-order chi connectivity index (χ1) is 11.6. The summed E-state index contributed by atoms with van der Waals surface area (Å²) < 4.78 is 0. The van der Waals surface area contributed by atoms with Crippen molar-refractivity contribution in [1.29, 1.82) is 0 Å². The molecular formula is C22H26N2. The first-order valence-corrected chi connectivity index (χ1v) is 8.78. The van der Waals surface area contributed by atoms with Crippen molar-refractivity contribution in [3.8, 4) is 0 Å². The van der Waals surface area contributed by atoms with Crippen LogP contribution in [0.5, 0.6) is 0 Å². The lowest BCUT2D eigenvalue weighted by atomic mass is 9.81. The maximum absolute atomic E-state index is 4.81. The molecule has 0 saturated heterocycles. The second-order valence-electron chi connectivity index (χ2n) is 6.74. The number of para-hydroxylation sites is 1. The second kappa shape index (κ2) is 6.64. The highest BCUT2D eigenvalue weighted by atomic mass is 15.1. The van der Waals surface area contributed by atoms with Crippen LogP contribution in [0.4, 0.5) is 11.4 Å². The topological polar surface area (TPSA) is 15.6 Å².